The molecule has 0 aliphatic carbocycles. The largest absolute Gasteiger partial charge is 0.296 e. The van der Waals surface area contributed by atoms with Crippen LogP contribution in [0.25, 0.3) is 16.7 Å². The minimum Gasteiger partial charge on any atom is -0.296 e. The van der Waals surface area contributed by atoms with Crippen molar-refractivity contribution in [2.24, 2.45) is 0 Å². The van der Waals surface area contributed by atoms with Gasteiger partial charge in [-0.3, -0.25) is 4.57 Å². The maximum Gasteiger partial charge on any atom is 0.114 e. The van der Waals surface area contributed by atoms with Crippen LogP contribution in [0.3, 0.4) is 0 Å². The molecule has 2 aromatic carbocycles. The normalized spacial score (nSPS) is 11.2. The van der Waals surface area contributed by atoms with E-state index in [4.69, 9.17) is 28.2 Å². The van der Waals surface area contributed by atoms with Gasteiger partial charge in [-0.05, 0) is 30.2 Å². The summed E-state index contributed by atoms with van der Waals surface area (Å²) >= 11 is 12.7. The van der Waals surface area contributed by atoms with Crippen LogP contribution in [-0.4, -0.2) is 9.55 Å². The number of nitrogens with zero attached hydrogens (tertiary/aromatic N) is 2. The minimum absolute atomic E-state index is 0.584. The number of aromatic nitrogens is 2. The second-order valence-corrected chi connectivity index (χ2v) is 5.71. The zero-order valence-corrected chi connectivity index (χ0v) is 13.5. The highest BCUT2D eigenvalue weighted by atomic mass is 35.5. The molecule has 3 aromatic rings. The van der Waals surface area contributed by atoms with E-state index < -0.39 is 0 Å². The van der Waals surface area contributed by atoms with Crippen molar-refractivity contribution in [1.82, 2.24) is 9.55 Å². The summed E-state index contributed by atoms with van der Waals surface area (Å²) in [5, 5.41) is 1.20. The summed E-state index contributed by atoms with van der Waals surface area (Å²) in [4.78, 5) is 4.80. The molecule has 0 aliphatic heterocycles. The average molecular weight is 319 g/mol. The number of fused-ring (bicyclic) bond motifs is 1. The molecule has 0 atom stereocenters. The first-order valence-electron chi connectivity index (χ1n) is 7.11. The van der Waals surface area contributed by atoms with Gasteiger partial charge in [0, 0.05) is 12.1 Å². The van der Waals surface area contributed by atoms with Gasteiger partial charge >= 0.3 is 0 Å². The third-order valence-electron chi connectivity index (χ3n) is 3.69. The molecule has 0 fully saturated rings. The van der Waals surface area contributed by atoms with Gasteiger partial charge in [0.2, 0.25) is 0 Å². The van der Waals surface area contributed by atoms with Gasteiger partial charge in [0.1, 0.15) is 5.82 Å². The molecular formula is C17H16Cl2N2. The predicted molar refractivity (Wildman–Crippen MR) is 89.8 cm³/mol. The van der Waals surface area contributed by atoms with Crippen molar-refractivity contribution in [2.75, 3.05) is 0 Å². The van der Waals surface area contributed by atoms with Crippen LogP contribution in [0, 0.1) is 0 Å². The van der Waals surface area contributed by atoms with E-state index in [1.54, 1.807) is 0 Å². The van der Waals surface area contributed by atoms with Gasteiger partial charge in [0.05, 0.1) is 21.1 Å². The lowest BCUT2D eigenvalue weighted by atomic mass is 10.1. The highest BCUT2D eigenvalue weighted by molar-refractivity contribution is 6.43. The summed E-state index contributed by atoms with van der Waals surface area (Å²) in [5.74, 6) is 1.02. The molecule has 0 radical (unpaired) electrons. The number of aryl methyl sites for hydroxylation is 2. The van der Waals surface area contributed by atoms with Crippen molar-refractivity contribution in [2.45, 2.75) is 26.7 Å². The van der Waals surface area contributed by atoms with Crippen LogP contribution in [0.15, 0.2) is 36.4 Å². The molecule has 0 saturated heterocycles. The second-order valence-electron chi connectivity index (χ2n) is 4.92. The molecule has 0 N–H and O–H groups in total. The summed E-state index contributed by atoms with van der Waals surface area (Å²) in [6.45, 7) is 4.18. The van der Waals surface area contributed by atoms with E-state index in [0.29, 0.717) is 10.0 Å². The summed E-state index contributed by atoms with van der Waals surface area (Å²) in [5.41, 5.74) is 4.08. The van der Waals surface area contributed by atoms with Crippen LogP contribution in [0.5, 0.6) is 0 Å². The molecule has 2 nitrogen and oxygen atoms in total. The third kappa shape index (κ3) is 2.33. The van der Waals surface area contributed by atoms with Crippen LogP contribution < -0.4 is 0 Å². The monoisotopic (exact) mass is 318 g/mol. The van der Waals surface area contributed by atoms with Gasteiger partial charge in [-0.1, -0.05) is 55.2 Å². The van der Waals surface area contributed by atoms with E-state index in [1.165, 1.54) is 0 Å². The van der Waals surface area contributed by atoms with Crippen molar-refractivity contribution in [3.05, 3.63) is 57.8 Å². The van der Waals surface area contributed by atoms with Crippen LogP contribution in [0.4, 0.5) is 0 Å². The Kier molecular flexibility index (Phi) is 3.92. The number of hydrogen-bond donors (Lipinski definition) is 0. The highest BCUT2D eigenvalue weighted by Gasteiger charge is 2.17. The van der Waals surface area contributed by atoms with Gasteiger partial charge in [-0.15, -0.1) is 0 Å². The first-order valence-corrected chi connectivity index (χ1v) is 7.86. The van der Waals surface area contributed by atoms with E-state index >= 15 is 0 Å². The molecular weight excluding hydrogens is 303 g/mol. The zero-order valence-electron chi connectivity index (χ0n) is 12.0. The Labute approximate surface area is 134 Å². The maximum absolute atomic E-state index is 6.34. The van der Waals surface area contributed by atoms with Gasteiger partial charge in [0.25, 0.3) is 0 Å². The Morgan fingerprint density at radius 1 is 1.05 bits per heavy atom. The SMILES string of the molecule is CCc1c(Cl)c(Cl)cc2c1nc(CC)n2-c1ccccc1. The Balaban J connectivity index is 2.41. The van der Waals surface area contributed by atoms with Crippen molar-refractivity contribution in [3.8, 4) is 5.69 Å². The van der Waals surface area contributed by atoms with E-state index in [-0.39, 0.29) is 0 Å². The molecule has 0 amide bonds. The highest BCUT2D eigenvalue weighted by Crippen LogP contribution is 2.35. The minimum atomic E-state index is 0.584. The topological polar surface area (TPSA) is 17.8 Å². The number of halogens is 2. The lowest BCUT2D eigenvalue weighted by Crippen LogP contribution is -1.99. The van der Waals surface area contributed by atoms with Crippen LogP contribution >= 0.6 is 23.2 Å². The van der Waals surface area contributed by atoms with E-state index in [2.05, 4.69) is 30.5 Å². The van der Waals surface area contributed by atoms with Gasteiger partial charge in [-0.2, -0.15) is 0 Å². The van der Waals surface area contributed by atoms with E-state index in [1.807, 2.05) is 24.3 Å². The molecule has 108 valence electrons. The van der Waals surface area contributed by atoms with Crippen molar-refractivity contribution in [3.63, 3.8) is 0 Å². The number of imidazole rings is 1. The van der Waals surface area contributed by atoms with Gasteiger partial charge < -0.3 is 0 Å². The summed E-state index contributed by atoms with van der Waals surface area (Å²) in [6, 6.07) is 12.1. The Morgan fingerprint density at radius 2 is 1.76 bits per heavy atom. The smallest absolute Gasteiger partial charge is 0.114 e. The standard InChI is InChI=1S/C17H16Cl2N2/c1-3-12-16(19)13(18)10-14-17(12)20-15(4-2)21(14)11-8-6-5-7-9-11/h5-10H,3-4H2,1-2H3. The number of rotatable bonds is 3. The van der Waals surface area contributed by atoms with Crippen molar-refractivity contribution < 1.29 is 0 Å². The van der Waals surface area contributed by atoms with Crippen LogP contribution in [-0.2, 0) is 12.8 Å². The van der Waals surface area contributed by atoms with E-state index in [9.17, 15) is 0 Å². The fraction of sp³-hybridized carbons (Fsp3) is 0.235. The molecule has 21 heavy (non-hydrogen) atoms. The van der Waals surface area contributed by atoms with Gasteiger partial charge in [0.15, 0.2) is 0 Å². The number of benzene rings is 2. The summed E-state index contributed by atoms with van der Waals surface area (Å²) in [6.07, 6.45) is 1.66. The Morgan fingerprint density at radius 3 is 2.38 bits per heavy atom. The molecule has 0 unspecified atom stereocenters. The van der Waals surface area contributed by atoms with E-state index in [0.717, 1.165) is 41.0 Å². The summed E-state index contributed by atoms with van der Waals surface area (Å²) < 4.78 is 2.16. The van der Waals surface area contributed by atoms with Crippen LogP contribution in [0.1, 0.15) is 25.2 Å². The predicted octanol–water partition coefficient (Wildman–Crippen LogP) is 5.46. The fourth-order valence-electron chi connectivity index (χ4n) is 2.69. The molecule has 1 heterocycles. The molecule has 3 rings (SSSR count). The van der Waals surface area contributed by atoms with Crippen molar-refractivity contribution in [1.29, 1.82) is 0 Å². The zero-order chi connectivity index (χ0) is 15.0. The lowest BCUT2D eigenvalue weighted by Gasteiger charge is -2.09. The molecule has 0 spiro atoms. The van der Waals surface area contributed by atoms with Crippen LogP contribution in [0.2, 0.25) is 10.0 Å². The Hall–Kier alpha value is -1.51. The molecule has 0 aliphatic rings. The molecule has 4 heteroatoms. The lowest BCUT2D eigenvalue weighted by molar-refractivity contribution is 0.908. The fourth-order valence-corrected chi connectivity index (χ4v) is 3.19. The molecule has 0 bridgehead atoms. The number of hydrogen-bond acceptors (Lipinski definition) is 1. The first kappa shape index (κ1) is 14.4. The van der Waals surface area contributed by atoms with Crippen molar-refractivity contribution >= 4 is 34.2 Å². The Bertz CT molecular complexity index is 792. The first-order chi connectivity index (χ1) is 10.2. The second kappa shape index (κ2) is 5.70. The number of para-hydroxylation sites is 1. The van der Waals surface area contributed by atoms with Gasteiger partial charge in [-0.25, -0.2) is 4.98 Å². The summed E-state index contributed by atoms with van der Waals surface area (Å²) in [7, 11) is 0. The molecule has 0 saturated carbocycles. The maximum atomic E-state index is 6.34. The third-order valence-corrected chi connectivity index (χ3v) is 4.52. The molecule has 1 aromatic heterocycles. The quantitative estimate of drug-likeness (QED) is 0.627. The average Bonchev–Trinajstić information content (AvgIpc) is 2.87.